The minimum absolute atomic E-state index is 0.0647. The molecule has 0 spiro atoms. The van der Waals surface area contributed by atoms with Gasteiger partial charge in [0.25, 0.3) is 5.91 Å². The van der Waals surface area contributed by atoms with Crippen LogP contribution >= 0.6 is 0 Å². The Hall–Kier alpha value is -3.18. The van der Waals surface area contributed by atoms with E-state index in [4.69, 9.17) is 10.3 Å². The second-order valence-corrected chi connectivity index (χ2v) is 4.88. The molecule has 118 valence electrons. The molecule has 0 atom stereocenters. The van der Waals surface area contributed by atoms with E-state index in [0.717, 1.165) is 0 Å². The average Bonchev–Trinajstić information content (AvgIpc) is 2.56. The summed E-state index contributed by atoms with van der Waals surface area (Å²) in [7, 11) is 0. The van der Waals surface area contributed by atoms with Crippen LogP contribution in [0, 0.1) is 13.8 Å². The van der Waals surface area contributed by atoms with Crippen molar-refractivity contribution in [2.45, 2.75) is 13.8 Å². The molecule has 7 heteroatoms. The van der Waals surface area contributed by atoms with E-state index in [1.54, 1.807) is 26.0 Å². The zero-order valence-electron chi connectivity index (χ0n) is 12.8. The number of benzene rings is 2. The number of aromatic hydroxyl groups is 1. The van der Waals surface area contributed by atoms with E-state index in [-0.39, 0.29) is 24.0 Å². The summed E-state index contributed by atoms with van der Waals surface area (Å²) < 4.78 is 5.37. The van der Waals surface area contributed by atoms with Crippen LogP contribution in [-0.2, 0) is 4.79 Å². The van der Waals surface area contributed by atoms with Crippen LogP contribution in [0.4, 0.5) is 11.4 Å². The standard InChI is InChI=1S/C16H16N4O3/c1-10-11(2)16(22)14(19-20-17)8-13(10)18-15(21)9-23-12-6-4-3-5-7-12/h3-8,22H,9H2,1-2H3,(H,18,21). The van der Waals surface area contributed by atoms with Gasteiger partial charge in [0.05, 0.1) is 5.69 Å². The van der Waals surface area contributed by atoms with Crippen molar-refractivity contribution >= 4 is 17.3 Å². The lowest BCUT2D eigenvalue weighted by Crippen LogP contribution is -2.20. The van der Waals surface area contributed by atoms with Crippen molar-refractivity contribution in [3.8, 4) is 11.5 Å². The van der Waals surface area contributed by atoms with Gasteiger partial charge in [-0.2, -0.15) is 0 Å². The predicted molar refractivity (Wildman–Crippen MR) is 87.0 cm³/mol. The van der Waals surface area contributed by atoms with Crippen molar-refractivity contribution in [3.63, 3.8) is 0 Å². The fourth-order valence-corrected chi connectivity index (χ4v) is 1.99. The summed E-state index contributed by atoms with van der Waals surface area (Å²) in [5.41, 5.74) is 10.3. The number of amides is 1. The van der Waals surface area contributed by atoms with Crippen molar-refractivity contribution in [1.29, 1.82) is 0 Å². The van der Waals surface area contributed by atoms with Crippen LogP contribution in [0.1, 0.15) is 11.1 Å². The highest BCUT2D eigenvalue weighted by atomic mass is 16.5. The van der Waals surface area contributed by atoms with Gasteiger partial charge in [-0.25, -0.2) is 0 Å². The molecular formula is C16H16N4O3. The normalized spacial score (nSPS) is 9.83. The fourth-order valence-electron chi connectivity index (χ4n) is 1.99. The molecule has 0 fully saturated rings. The van der Waals surface area contributed by atoms with E-state index < -0.39 is 0 Å². The third-order valence-electron chi connectivity index (χ3n) is 3.39. The van der Waals surface area contributed by atoms with E-state index in [9.17, 15) is 9.90 Å². The van der Waals surface area contributed by atoms with Gasteiger partial charge >= 0.3 is 0 Å². The minimum atomic E-state index is -0.353. The van der Waals surface area contributed by atoms with Gasteiger partial charge in [0.2, 0.25) is 0 Å². The summed E-state index contributed by atoms with van der Waals surface area (Å²) in [6.07, 6.45) is 0. The fraction of sp³-hybridized carbons (Fsp3) is 0.188. The Kier molecular flexibility index (Phi) is 5.07. The zero-order chi connectivity index (χ0) is 16.8. The third-order valence-corrected chi connectivity index (χ3v) is 3.39. The highest BCUT2D eigenvalue weighted by Crippen LogP contribution is 2.36. The Bertz CT molecular complexity index is 769. The molecule has 0 unspecified atom stereocenters. The number of para-hydroxylation sites is 1. The summed E-state index contributed by atoms with van der Waals surface area (Å²) in [5.74, 6) is 0.142. The Balaban J connectivity index is 2.13. The Morgan fingerprint density at radius 1 is 1.30 bits per heavy atom. The molecule has 0 saturated heterocycles. The summed E-state index contributed by atoms with van der Waals surface area (Å²) in [6, 6.07) is 10.4. The van der Waals surface area contributed by atoms with Gasteiger partial charge in [-0.05, 0) is 48.7 Å². The SMILES string of the molecule is Cc1c(NC(=O)COc2ccccc2)cc(N=[N+]=[N-])c(O)c1C. The first-order valence-corrected chi connectivity index (χ1v) is 6.89. The number of azide groups is 1. The molecule has 2 N–H and O–H groups in total. The van der Waals surface area contributed by atoms with Crippen LogP contribution in [0.25, 0.3) is 10.4 Å². The monoisotopic (exact) mass is 312 g/mol. The van der Waals surface area contributed by atoms with Gasteiger partial charge in [-0.3, -0.25) is 4.79 Å². The molecule has 0 aliphatic rings. The molecule has 2 aromatic rings. The second-order valence-electron chi connectivity index (χ2n) is 4.88. The van der Waals surface area contributed by atoms with Crippen molar-refractivity contribution in [2.75, 3.05) is 11.9 Å². The number of hydrogen-bond acceptors (Lipinski definition) is 4. The Morgan fingerprint density at radius 3 is 2.65 bits per heavy atom. The number of carbonyl (C=O) groups excluding carboxylic acids is 1. The molecule has 0 saturated carbocycles. The number of nitrogens with zero attached hydrogens (tertiary/aromatic N) is 3. The van der Waals surface area contributed by atoms with E-state index in [0.29, 0.717) is 22.6 Å². The number of nitrogens with one attached hydrogen (secondary N) is 1. The van der Waals surface area contributed by atoms with E-state index >= 15 is 0 Å². The van der Waals surface area contributed by atoms with Crippen molar-refractivity contribution < 1.29 is 14.6 Å². The molecule has 0 aliphatic carbocycles. The third kappa shape index (κ3) is 3.93. The summed E-state index contributed by atoms with van der Waals surface area (Å²) >= 11 is 0. The first-order chi connectivity index (χ1) is 11.0. The molecular weight excluding hydrogens is 296 g/mol. The number of rotatable bonds is 5. The van der Waals surface area contributed by atoms with E-state index in [1.165, 1.54) is 6.07 Å². The number of carbonyl (C=O) groups is 1. The van der Waals surface area contributed by atoms with Crippen molar-refractivity contribution in [3.05, 3.63) is 58.0 Å². The first kappa shape index (κ1) is 16.2. The molecule has 0 heterocycles. The minimum Gasteiger partial charge on any atom is -0.507 e. The number of phenols is 1. The van der Waals surface area contributed by atoms with Gasteiger partial charge in [-0.1, -0.05) is 23.3 Å². The number of anilines is 1. The molecule has 0 aromatic heterocycles. The Morgan fingerprint density at radius 2 is 2.00 bits per heavy atom. The smallest absolute Gasteiger partial charge is 0.262 e. The topological polar surface area (TPSA) is 107 Å². The number of hydrogen-bond donors (Lipinski definition) is 2. The molecule has 0 aliphatic heterocycles. The lowest BCUT2D eigenvalue weighted by molar-refractivity contribution is -0.118. The number of phenolic OH excluding ortho intramolecular Hbond substituents is 1. The van der Waals surface area contributed by atoms with Crippen LogP contribution in [0.5, 0.6) is 11.5 Å². The van der Waals surface area contributed by atoms with E-state index in [1.807, 2.05) is 18.2 Å². The lowest BCUT2D eigenvalue weighted by Gasteiger charge is -2.14. The predicted octanol–water partition coefficient (Wildman–Crippen LogP) is 3.97. The quantitative estimate of drug-likeness (QED) is 0.377. The van der Waals surface area contributed by atoms with Crippen LogP contribution in [0.15, 0.2) is 41.5 Å². The molecule has 0 radical (unpaired) electrons. The highest BCUT2D eigenvalue weighted by Gasteiger charge is 2.13. The van der Waals surface area contributed by atoms with Gasteiger partial charge in [0.1, 0.15) is 11.5 Å². The highest BCUT2D eigenvalue weighted by molar-refractivity contribution is 5.93. The van der Waals surface area contributed by atoms with Crippen LogP contribution in [0.2, 0.25) is 0 Å². The van der Waals surface area contributed by atoms with Gasteiger partial charge in [0.15, 0.2) is 6.61 Å². The molecule has 23 heavy (non-hydrogen) atoms. The van der Waals surface area contributed by atoms with Gasteiger partial charge < -0.3 is 15.2 Å². The van der Waals surface area contributed by atoms with Crippen LogP contribution in [0.3, 0.4) is 0 Å². The second kappa shape index (κ2) is 7.20. The largest absolute Gasteiger partial charge is 0.507 e. The van der Waals surface area contributed by atoms with Crippen molar-refractivity contribution in [2.24, 2.45) is 5.11 Å². The molecule has 2 rings (SSSR count). The van der Waals surface area contributed by atoms with E-state index in [2.05, 4.69) is 15.3 Å². The number of ether oxygens (including phenoxy) is 1. The maximum absolute atomic E-state index is 12.0. The average molecular weight is 312 g/mol. The lowest BCUT2D eigenvalue weighted by atomic mass is 10.1. The van der Waals surface area contributed by atoms with Crippen molar-refractivity contribution in [1.82, 2.24) is 0 Å². The molecule has 7 nitrogen and oxygen atoms in total. The zero-order valence-corrected chi connectivity index (χ0v) is 12.8. The maximum atomic E-state index is 12.0. The molecule has 1 amide bonds. The van der Waals surface area contributed by atoms with Crippen LogP contribution < -0.4 is 10.1 Å². The molecule has 0 bridgehead atoms. The maximum Gasteiger partial charge on any atom is 0.262 e. The summed E-state index contributed by atoms with van der Waals surface area (Å²) in [5, 5.41) is 16.0. The summed E-state index contributed by atoms with van der Waals surface area (Å²) in [4.78, 5) is 14.7. The van der Waals surface area contributed by atoms with Gasteiger partial charge in [-0.15, -0.1) is 0 Å². The van der Waals surface area contributed by atoms with Crippen LogP contribution in [-0.4, -0.2) is 17.6 Å². The Labute approximate surface area is 133 Å². The summed E-state index contributed by atoms with van der Waals surface area (Å²) in [6.45, 7) is 3.28. The first-order valence-electron chi connectivity index (χ1n) is 6.89. The van der Waals surface area contributed by atoms with Gasteiger partial charge in [0, 0.05) is 10.6 Å². The molecule has 2 aromatic carbocycles.